The molecule has 0 aliphatic carbocycles. The Morgan fingerprint density at radius 1 is 0.311 bits per heavy atom. The number of carbonyl (C=O) groups excluding carboxylic acids is 17. The molecule has 6 atom stereocenters. The van der Waals surface area contributed by atoms with Gasteiger partial charge in [0, 0.05) is 103 Å². The highest BCUT2D eigenvalue weighted by Crippen LogP contribution is 2.41. The van der Waals surface area contributed by atoms with Gasteiger partial charge in [0.2, 0.25) is 35.4 Å². The number of carbonyl (C=O) groups is 17. The van der Waals surface area contributed by atoms with Crippen LogP contribution in [0.5, 0.6) is 28.7 Å². The van der Waals surface area contributed by atoms with Crippen molar-refractivity contribution in [2.24, 2.45) is 22.0 Å². The van der Waals surface area contributed by atoms with Gasteiger partial charge in [-0.25, -0.2) is 14.4 Å². The normalized spacial score (nSPS) is 23.1. The van der Waals surface area contributed by atoms with Crippen LogP contribution < -0.4 is 72.5 Å². The van der Waals surface area contributed by atoms with Crippen LogP contribution in [0.2, 0.25) is 0 Å². The molecular formula is C95H79N15O22. The molecule has 19 rings (SSSR count). The molecule has 0 radical (unpaired) electrons. The molecule has 6 fully saturated rings. The predicted molar refractivity (Wildman–Crippen MR) is 458 cm³/mol. The maximum atomic E-state index is 13.3. The van der Waals surface area contributed by atoms with Crippen LogP contribution in [0.1, 0.15) is 132 Å². The molecule has 0 spiro atoms. The number of fused-ring (bicyclic) bond motifs is 5. The Morgan fingerprint density at radius 2 is 0.583 bits per heavy atom. The molecule has 6 saturated heterocycles. The number of nitrogens with one attached hydrogen (secondary N) is 9. The summed E-state index contributed by atoms with van der Waals surface area (Å²) in [6.07, 6.45) is -0.615. The molecule has 11 aliphatic rings. The Morgan fingerprint density at radius 3 is 0.848 bits per heavy atom. The number of benzene rings is 8. The second-order valence-electron chi connectivity index (χ2n) is 33.3. The van der Waals surface area contributed by atoms with Crippen molar-refractivity contribution in [2.45, 2.75) is 68.6 Å². The van der Waals surface area contributed by atoms with Gasteiger partial charge >= 0.3 is 18.1 Å². The topological polar surface area (TPSA) is 498 Å². The average Bonchev–Trinajstić information content (AvgIpc) is 1.59. The summed E-state index contributed by atoms with van der Waals surface area (Å²) in [5, 5.41) is 31.5. The number of rotatable bonds is 18. The number of nitrogens with zero attached hydrogens (tertiary/aromatic N) is 5. The van der Waals surface area contributed by atoms with Crippen molar-refractivity contribution < 1.29 is 106 Å². The Balaban J connectivity index is 0.000000140. The zero-order valence-electron chi connectivity index (χ0n) is 70.8. The smallest absolute Gasteiger partial charge is 0.322 e. The van der Waals surface area contributed by atoms with Gasteiger partial charge in [0.1, 0.15) is 45.0 Å². The van der Waals surface area contributed by atoms with E-state index in [-0.39, 0.29) is 127 Å². The van der Waals surface area contributed by atoms with Gasteiger partial charge in [-0.3, -0.25) is 99.0 Å². The fourth-order valence-electron chi connectivity index (χ4n) is 18.0. The first kappa shape index (κ1) is 87.1. The molecule has 37 heteroatoms. The highest BCUT2D eigenvalue weighted by atomic mass is 16.5. The van der Waals surface area contributed by atoms with Gasteiger partial charge in [-0.1, -0.05) is 96.2 Å². The van der Waals surface area contributed by atoms with E-state index in [0.717, 1.165) is 22.3 Å². The van der Waals surface area contributed by atoms with Crippen molar-refractivity contribution >= 4 is 101 Å². The molecule has 11 aliphatic heterocycles. The summed E-state index contributed by atoms with van der Waals surface area (Å²) in [4.78, 5) is 225. The fraction of sp³-hybridized carbons (Fsp3) is 0.253. The Hall–Kier alpha value is -17.0. The van der Waals surface area contributed by atoms with Gasteiger partial charge in [-0.2, -0.15) is 0 Å². The average molecular weight is 1780 g/mol. The van der Waals surface area contributed by atoms with Gasteiger partial charge in [0.15, 0.2) is 16.6 Å². The molecule has 11 heterocycles. The minimum atomic E-state index is -1.60. The van der Waals surface area contributed by atoms with E-state index in [9.17, 15) is 86.6 Å². The van der Waals surface area contributed by atoms with Gasteiger partial charge in [-0.15, -0.1) is 0 Å². The zero-order valence-corrected chi connectivity index (χ0v) is 70.8. The summed E-state index contributed by atoms with van der Waals surface area (Å²) in [7, 11) is 6.03. The van der Waals surface area contributed by atoms with Gasteiger partial charge in [0.25, 0.3) is 47.3 Å². The predicted octanol–water partition coefficient (Wildman–Crippen LogP) is 2.30. The molecule has 666 valence electrons. The fourth-order valence-corrected chi connectivity index (χ4v) is 18.0. The number of aromatic hydroxyl groups is 1. The van der Waals surface area contributed by atoms with E-state index in [2.05, 4.69) is 83.4 Å². The third-order valence-corrected chi connectivity index (χ3v) is 25.0. The van der Waals surface area contributed by atoms with Crippen molar-refractivity contribution in [2.75, 3.05) is 67.7 Å². The molecule has 132 heavy (non-hydrogen) atoms. The lowest BCUT2D eigenvalue weighted by molar-refractivity contribution is -0.128. The third kappa shape index (κ3) is 15.7. The minimum absolute atomic E-state index is 0.00995. The SMILES string of the molecule is COc1ccc2c(c1)C(=O)N(C[C@@]1(C#Cc3ccc(C4(CN)NC(=O)NC4=O)cc3)CC(=O)NC1=O)C2.COc1ccc2c(c1)C(=O)N(C[C@@]1(C#Cc3ccc(C4(CN5Cc6cc(O)ccc6C5=O)NC(=O)NC4=O)cc3)CC(=O)NC1=O)C2.COc1ccc2c(c1)C(=O)N(C[C@@]1(C#Cc3ccc([C@@]4(CN5Cc6ccc(OC)cc6C5=O)NC(=O)NC4=O)cc3)CC(=O)NC1=O)C2. The first-order valence-corrected chi connectivity index (χ1v) is 41.2. The number of nitrogens with two attached hydrogens (primary N) is 1. The van der Waals surface area contributed by atoms with E-state index < -0.39 is 104 Å². The van der Waals surface area contributed by atoms with Crippen molar-refractivity contribution in [1.29, 1.82) is 0 Å². The molecule has 8 aromatic carbocycles. The lowest BCUT2D eigenvalue weighted by Crippen LogP contribution is -2.52. The standard InChI is InChI=1S/C35H29N5O8.C34H27N5O8.C26H23N5O6/c1-47-24-9-5-21-16-39(29(42)26(21)13-24)18-34(15-28(41)36-31(34)44)12-11-20-3-7-23(8-4-20)35(32(45)37-33(46)38-35)19-40-17-22-6-10-25(48-2)14-27(22)30(40)43;1-47-24-8-4-20-15-38(29(43)26(20)13-24)17-33(14-27(41)35-30(33)44)11-10-19-2-5-22(6-3-19)34(31(45)36-32(46)37-34)18-39-16-21-12-23(40)7-9-25(21)28(39)42;1-37-18-7-4-16-12-31(21(33)19(16)10-18)14-25(11-20(32)28-22(25)34)9-8-15-2-5-17(6-3-15)26(13-27)23(35)29-24(36)30-26/h3-10,13-14H,15-19H2,1-2H3,(H,36,41,44)(H2,37,38,45,46);2-9,12-13,40H,14-18H2,1H3,(H,35,41,44)(H2,36,37,45,46);2-7,10H,11-14,27H2,1H3,(H,28,32,34)(H2,29,30,35,36)/t34-,35-;33-,34?;25-,26?/m111/s1. The van der Waals surface area contributed by atoms with E-state index in [1.807, 2.05) is 0 Å². The highest BCUT2D eigenvalue weighted by Gasteiger charge is 2.56. The van der Waals surface area contributed by atoms with Gasteiger partial charge < -0.3 is 70.2 Å². The first-order chi connectivity index (χ1) is 63.2. The van der Waals surface area contributed by atoms with Crippen LogP contribution in [0.15, 0.2) is 164 Å². The van der Waals surface area contributed by atoms with E-state index in [0.29, 0.717) is 89.8 Å². The summed E-state index contributed by atoms with van der Waals surface area (Å²) in [6.45, 7) is 0.461. The molecule has 0 saturated carbocycles. The van der Waals surface area contributed by atoms with Crippen molar-refractivity contribution in [1.82, 2.24) is 72.4 Å². The Labute approximate surface area is 750 Å². The largest absolute Gasteiger partial charge is 0.508 e. The number of hydrogen-bond acceptors (Lipinski definition) is 23. The number of imide groups is 6. The maximum absolute atomic E-state index is 13.3. The van der Waals surface area contributed by atoms with Crippen LogP contribution in [0.4, 0.5) is 14.4 Å². The molecule has 37 nitrogen and oxygen atoms in total. The highest BCUT2D eigenvalue weighted by molar-refractivity contribution is 6.13. The summed E-state index contributed by atoms with van der Waals surface area (Å²) < 4.78 is 20.9. The Kier molecular flexibility index (Phi) is 22.2. The van der Waals surface area contributed by atoms with Crippen LogP contribution in [0.25, 0.3) is 0 Å². The van der Waals surface area contributed by atoms with Crippen LogP contribution in [0, 0.1) is 51.8 Å². The molecule has 12 N–H and O–H groups in total. The minimum Gasteiger partial charge on any atom is -0.508 e. The molecular weight excluding hydrogens is 1700 g/mol. The van der Waals surface area contributed by atoms with Crippen LogP contribution in [-0.2, 0) is 92.5 Å². The van der Waals surface area contributed by atoms with E-state index in [4.69, 9.17) is 24.7 Å². The molecule has 8 aromatic rings. The molecule has 20 amide bonds. The molecule has 2 unspecified atom stereocenters. The van der Waals surface area contributed by atoms with Crippen LogP contribution in [0.3, 0.4) is 0 Å². The van der Waals surface area contributed by atoms with Crippen LogP contribution in [-0.4, -0.2) is 198 Å². The number of urea groups is 3. The van der Waals surface area contributed by atoms with E-state index >= 15 is 0 Å². The number of amides is 20. The van der Waals surface area contributed by atoms with Crippen LogP contribution >= 0.6 is 0 Å². The number of methoxy groups -OCH3 is 4. The second-order valence-corrected chi connectivity index (χ2v) is 33.3. The molecule has 0 bridgehead atoms. The number of hydrogen-bond donors (Lipinski definition) is 11. The monoisotopic (exact) mass is 1780 g/mol. The summed E-state index contributed by atoms with van der Waals surface area (Å²) in [6, 6.07) is 42.5. The lowest BCUT2D eigenvalue weighted by atomic mass is 9.85. The maximum Gasteiger partial charge on any atom is 0.322 e. The van der Waals surface area contributed by atoms with Crippen molar-refractivity contribution in [3.05, 3.63) is 253 Å². The Bertz CT molecular complexity index is 6680. The lowest BCUT2D eigenvalue weighted by Gasteiger charge is -2.31. The second kappa shape index (κ2) is 33.6. The quantitative estimate of drug-likeness (QED) is 0.0333. The van der Waals surface area contributed by atoms with E-state index in [1.165, 1.54) is 71.1 Å². The van der Waals surface area contributed by atoms with Crippen molar-refractivity contribution in [3.63, 3.8) is 0 Å². The summed E-state index contributed by atoms with van der Waals surface area (Å²) in [5.74, 6) is 13.4. The van der Waals surface area contributed by atoms with Gasteiger partial charge in [-0.05, 0) is 148 Å². The number of phenols is 1. The summed E-state index contributed by atoms with van der Waals surface area (Å²) in [5.41, 5.74) is 5.54. The number of phenolic OH excluding ortho intramolecular Hbond substituents is 1. The third-order valence-electron chi connectivity index (χ3n) is 25.0. The summed E-state index contributed by atoms with van der Waals surface area (Å²) >= 11 is 0. The van der Waals surface area contributed by atoms with Gasteiger partial charge in [0.05, 0.1) is 60.8 Å². The first-order valence-electron chi connectivity index (χ1n) is 41.2. The zero-order chi connectivity index (χ0) is 93.3. The van der Waals surface area contributed by atoms with E-state index in [1.54, 1.807) is 146 Å². The molecule has 0 aromatic heterocycles. The number of ether oxygens (including phenoxy) is 4. The van der Waals surface area contributed by atoms with Crippen molar-refractivity contribution in [3.8, 4) is 64.3 Å².